The van der Waals surface area contributed by atoms with Crippen LogP contribution in [0, 0.1) is 0 Å². The molecule has 1 N–H and O–H groups in total. The molecule has 2 aromatic heterocycles. The van der Waals surface area contributed by atoms with Crippen molar-refractivity contribution in [2.75, 3.05) is 0 Å². The normalized spacial score (nSPS) is 13.3. The van der Waals surface area contributed by atoms with Crippen molar-refractivity contribution in [2.45, 2.75) is 26.2 Å². The molecule has 0 saturated carbocycles. The Kier molecular flexibility index (Phi) is 2.37. The van der Waals surface area contributed by atoms with Gasteiger partial charge in [-0.1, -0.05) is 13.8 Å². The molecule has 0 aliphatic carbocycles. The summed E-state index contributed by atoms with van der Waals surface area (Å²) in [6.07, 6.45) is 2.55. The third-order valence-electron chi connectivity index (χ3n) is 2.45. The highest BCUT2D eigenvalue weighted by Gasteiger charge is 2.10. The Morgan fingerprint density at radius 2 is 2.43 bits per heavy atom. The Morgan fingerprint density at radius 3 is 3.07 bits per heavy atom. The van der Waals surface area contributed by atoms with E-state index >= 15 is 0 Å². The number of fused-ring (bicyclic) bond motifs is 1. The first-order valence-corrected chi connectivity index (χ1v) is 5.51. The number of rotatable bonds is 2. The van der Waals surface area contributed by atoms with Crippen molar-refractivity contribution in [1.82, 2.24) is 9.97 Å². The molecule has 2 aromatic rings. The number of aromatic nitrogens is 2. The van der Waals surface area contributed by atoms with E-state index in [-0.39, 0.29) is 5.56 Å². The zero-order chi connectivity index (χ0) is 10.1. The Morgan fingerprint density at radius 1 is 1.64 bits per heavy atom. The topological polar surface area (TPSA) is 45.8 Å². The molecule has 0 spiro atoms. The van der Waals surface area contributed by atoms with Crippen LogP contribution in [-0.4, -0.2) is 9.97 Å². The van der Waals surface area contributed by atoms with E-state index in [0.717, 1.165) is 11.3 Å². The summed E-state index contributed by atoms with van der Waals surface area (Å²) in [5.74, 6) is 0.508. The Labute approximate surface area is 85.8 Å². The fourth-order valence-corrected chi connectivity index (χ4v) is 2.46. The maximum Gasteiger partial charge on any atom is 0.259 e. The van der Waals surface area contributed by atoms with E-state index in [1.807, 2.05) is 6.07 Å². The highest BCUT2D eigenvalue weighted by atomic mass is 32.1. The largest absolute Gasteiger partial charge is 0.313 e. The fraction of sp³-hybridized carbons (Fsp3) is 0.400. The van der Waals surface area contributed by atoms with E-state index in [0.29, 0.717) is 11.3 Å². The van der Waals surface area contributed by atoms with Crippen LogP contribution < -0.4 is 5.56 Å². The molecular weight excluding hydrogens is 196 g/mol. The second kappa shape index (κ2) is 3.53. The van der Waals surface area contributed by atoms with Gasteiger partial charge in [0.1, 0.15) is 4.83 Å². The van der Waals surface area contributed by atoms with Gasteiger partial charge in [0, 0.05) is 4.88 Å². The van der Waals surface area contributed by atoms with Crippen LogP contribution in [0.5, 0.6) is 0 Å². The molecule has 2 heterocycles. The maximum absolute atomic E-state index is 11.4. The van der Waals surface area contributed by atoms with Crippen LogP contribution in [0.4, 0.5) is 0 Å². The third-order valence-corrected chi connectivity index (χ3v) is 3.73. The van der Waals surface area contributed by atoms with Crippen molar-refractivity contribution in [3.05, 3.63) is 27.6 Å². The molecule has 1 atom stereocenters. The van der Waals surface area contributed by atoms with E-state index in [1.165, 1.54) is 11.2 Å². The van der Waals surface area contributed by atoms with E-state index < -0.39 is 0 Å². The maximum atomic E-state index is 11.4. The van der Waals surface area contributed by atoms with Crippen LogP contribution in [0.2, 0.25) is 0 Å². The van der Waals surface area contributed by atoms with Crippen LogP contribution in [0.3, 0.4) is 0 Å². The SMILES string of the molecule is CCC(C)c1cc2c(=O)[nH]cnc2s1. The van der Waals surface area contributed by atoms with Gasteiger partial charge in [-0.05, 0) is 18.4 Å². The third kappa shape index (κ3) is 1.46. The minimum absolute atomic E-state index is 0.0409. The zero-order valence-corrected chi connectivity index (χ0v) is 9.02. The van der Waals surface area contributed by atoms with Gasteiger partial charge < -0.3 is 4.98 Å². The van der Waals surface area contributed by atoms with Crippen LogP contribution in [0.1, 0.15) is 31.1 Å². The van der Waals surface area contributed by atoms with Gasteiger partial charge in [-0.25, -0.2) is 4.98 Å². The molecule has 1 unspecified atom stereocenters. The first-order valence-electron chi connectivity index (χ1n) is 4.69. The highest BCUT2D eigenvalue weighted by Crippen LogP contribution is 2.28. The molecule has 74 valence electrons. The Bertz CT molecular complexity index is 500. The Hall–Kier alpha value is -1.16. The lowest BCUT2D eigenvalue weighted by molar-refractivity contribution is 0.748. The molecule has 0 aromatic carbocycles. The summed E-state index contributed by atoms with van der Waals surface area (Å²) in [7, 11) is 0. The van der Waals surface area contributed by atoms with E-state index in [4.69, 9.17) is 0 Å². The highest BCUT2D eigenvalue weighted by molar-refractivity contribution is 7.18. The molecule has 2 rings (SSSR count). The molecule has 3 nitrogen and oxygen atoms in total. The standard InChI is InChI=1S/C10H12N2OS/c1-3-6(2)8-4-7-9(13)11-5-12-10(7)14-8/h4-6H,3H2,1-2H3,(H,11,12,13). The minimum Gasteiger partial charge on any atom is -0.313 e. The number of aromatic amines is 1. The molecule has 0 fully saturated rings. The summed E-state index contributed by atoms with van der Waals surface area (Å²) in [6, 6.07) is 1.96. The zero-order valence-electron chi connectivity index (χ0n) is 8.20. The molecule has 0 saturated heterocycles. The Balaban J connectivity index is 2.62. The first-order chi connectivity index (χ1) is 6.72. The summed E-state index contributed by atoms with van der Waals surface area (Å²) in [6.45, 7) is 4.31. The van der Waals surface area contributed by atoms with Crippen molar-refractivity contribution in [3.63, 3.8) is 0 Å². The fourth-order valence-electron chi connectivity index (χ4n) is 1.33. The molecule has 0 radical (unpaired) electrons. The molecule has 4 heteroatoms. The van der Waals surface area contributed by atoms with Crippen molar-refractivity contribution in [1.29, 1.82) is 0 Å². The number of thiophene rings is 1. The summed E-state index contributed by atoms with van der Waals surface area (Å²) < 4.78 is 0. The van der Waals surface area contributed by atoms with Gasteiger partial charge in [-0.3, -0.25) is 4.79 Å². The van der Waals surface area contributed by atoms with Gasteiger partial charge in [0.2, 0.25) is 0 Å². The molecule has 0 aliphatic rings. The van der Waals surface area contributed by atoms with Crippen molar-refractivity contribution < 1.29 is 0 Å². The van der Waals surface area contributed by atoms with Gasteiger partial charge in [0.05, 0.1) is 11.7 Å². The molecule has 0 amide bonds. The van der Waals surface area contributed by atoms with Crippen molar-refractivity contribution in [3.8, 4) is 0 Å². The van der Waals surface area contributed by atoms with Crippen LogP contribution in [-0.2, 0) is 0 Å². The second-order valence-corrected chi connectivity index (χ2v) is 4.47. The minimum atomic E-state index is -0.0409. The van der Waals surface area contributed by atoms with Gasteiger partial charge in [-0.2, -0.15) is 0 Å². The average molecular weight is 208 g/mol. The molecule has 0 bridgehead atoms. The lowest BCUT2D eigenvalue weighted by Gasteiger charge is -2.02. The molecular formula is C10H12N2OS. The number of hydrogen-bond acceptors (Lipinski definition) is 3. The number of hydrogen-bond donors (Lipinski definition) is 1. The lowest BCUT2D eigenvalue weighted by Crippen LogP contribution is -2.03. The van der Waals surface area contributed by atoms with Crippen molar-refractivity contribution >= 4 is 21.6 Å². The van der Waals surface area contributed by atoms with E-state index in [2.05, 4.69) is 23.8 Å². The molecule has 0 aliphatic heterocycles. The monoisotopic (exact) mass is 208 g/mol. The average Bonchev–Trinajstić information content (AvgIpc) is 2.62. The summed E-state index contributed by atoms with van der Waals surface area (Å²) in [4.78, 5) is 20.2. The first kappa shape index (κ1) is 9.40. The lowest BCUT2D eigenvalue weighted by atomic mass is 10.1. The van der Waals surface area contributed by atoms with E-state index in [9.17, 15) is 4.79 Å². The summed E-state index contributed by atoms with van der Waals surface area (Å²) in [5, 5.41) is 0.716. The summed E-state index contributed by atoms with van der Waals surface area (Å²) in [5.41, 5.74) is -0.0409. The molecule has 14 heavy (non-hydrogen) atoms. The van der Waals surface area contributed by atoms with Gasteiger partial charge in [0.15, 0.2) is 0 Å². The van der Waals surface area contributed by atoms with Gasteiger partial charge >= 0.3 is 0 Å². The smallest absolute Gasteiger partial charge is 0.259 e. The van der Waals surface area contributed by atoms with Crippen LogP contribution >= 0.6 is 11.3 Å². The van der Waals surface area contributed by atoms with Crippen molar-refractivity contribution in [2.24, 2.45) is 0 Å². The van der Waals surface area contributed by atoms with Gasteiger partial charge in [0.25, 0.3) is 5.56 Å². The van der Waals surface area contributed by atoms with E-state index in [1.54, 1.807) is 11.3 Å². The van der Waals surface area contributed by atoms with Crippen LogP contribution in [0.25, 0.3) is 10.2 Å². The second-order valence-electron chi connectivity index (χ2n) is 3.41. The predicted molar refractivity (Wildman–Crippen MR) is 58.9 cm³/mol. The van der Waals surface area contributed by atoms with Gasteiger partial charge in [-0.15, -0.1) is 11.3 Å². The number of nitrogens with one attached hydrogen (secondary N) is 1. The predicted octanol–water partition coefficient (Wildman–Crippen LogP) is 2.50. The number of nitrogens with zero attached hydrogens (tertiary/aromatic N) is 1. The summed E-state index contributed by atoms with van der Waals surface area (Å²) >= 11 is 1.61. The quantitative estimate of drug-likeness (QED) is 0.824. The number of H-pyrrole nitrogens is 1. The van der Waals surface area contributed by atoms with Crippen LogP contribution in [0.15, 0.2) is 17.2 Å².